The molecule has 0 radical (unpaired) electrons. The lowest BCUT2D eigenvalue weighted by atomic mass is 9.98. The van der Waals surface area contributed by atoms with Crippen LogP contribution in [0.5, 0.6) is 0 Å². The zero-order valence-corrected chi connectivity index (χ0v) is 15.4. The van der Waals surface area contributed by atoms with Gasteiger partial charge in [-0.2, -0.15) is 0 Å². The van der Waals surface area contributed by atoms with Gasteiger partial charge in [0.25, 0.3) is 0 Å². The van der Waals surface area contributed by atoms with E-state index in [9.17, 15) is 9.59 Å². The monoisotopic (exact) mass is 334 g/mol. The molecule has 1 rings (SSSR count). The third kappa shape index (κ3) is 7.49. The number of rotatable bonds is 7. The molecule has 0 spiro atoms. The molecule has 2 N–H and O–H groups in total. The van der Waals surface area contributed by atoms with E-state index < -0.39 is 17.7 Å². The van der Waals surface area contributed by atoms with Gasteiger partial charge in [-0.3, -0.25) is 4.79 Å². The maximum absolute atomic E-state index is 12.5. The molecule has 0 aliphatic heterocycles. The first kappa shape index (κ1) is 20.0. The number of nitrogens with one attached hydrogen (secondary N) is 2. The normalized spacial score (nSPS) is 13.7. The molecule has 0 unspecified atom stereocenters. The average molecular weight is 334 g/mol. The van der Waals surface area contributed by atoms with Gasteiger partial charge < -0.3 is 15.4 Å². The largest absolute Gasteiger partial charge is 0.444 e. The summed E-state index contributed by atoms with van der Waals surface area (Å²) < 4.78 is 5.26. The molecule has 0 aliphatic rings. The molecule has 2 amide bonds. The fourth-order valence-corrected chi connectivity index (χ4v) is 2.22. The van der Waals surface area contributed by atoms with Gasteiger partial charge in [-0.15, -0.1) is 0 Å². The Hall–Kier alpha value is -2.04. The van der Waals surface area contributed by atoms with Crippen LogP contribution >= 0.6 is 0 Å². The highest BCUT2D eigenvalue weighted by Gasteiger charge is 2.27. The molecule has 0 aromatic heterocycles. The maximum Gasteiger partial charge on any atom is 0.408 e. The summed E-state index contributed by atoms with van der Waals surface area (Å²) in [5, 5.41) is 5.60. The van der Waals surface area contributed by atoms with Crippen LogP contribution in [0.4, 0.5) is 4.79 Å². The molecule has 0 fully saturated rings. The second-order valence-corrected chi connectivity index (χ2v) is 7.04. The third-order valence-corrected chi connectivity index (χ3v) is 3.72. The highest BCUT2D eigenvalue weighted by atomic mass is 16.6. The number of carbonyl (C=O) groups is 2. The Kier molecular flexibility index (Phi) is 7.75. The second kappa shape index (κ2) is 9.30. The number of alkyl carbamates (subject to hydrolysis) is 1. The van der Waals surface area contributed by atoms with E-state index in [2.05, 4.69) is 10.6 Å². The van der Waals surface area contributed by atoms with E-state index in [1.807, 2.05) is 44.2 Å². The van der Waals surface area contributed by atoms with Crippen LogP contribution in [-0.2, 0) is 16.0 Å². The second-order valence-electron chi connectivity index (χ2n) is 7.04. The van der Waals surface area contributed by atoms with Crippen LogP contribution in [-0.4, -0.2) is 30.2 Å². The summed E-state index contributed by atoms with van der Waals surface area (Å²) in [5.41, 5.74) is 0.575. The smallest absolute Gasteiger partial charge is 0.408 e. The van der Waals surface area contributed by atoms with Crippen molar-refractivity contribution in [3.63, 3.8) is 0 Å². The molecule has 134 valence electrons. The van der Waals surface area contributed by atoms with Crippen molar-refractivity contribution in [3.05, 3.63) is 35.9 Å². The summed E-state index contributed by atoms with van der Waals surface area (Å²) in [6, 6.07) is 9.37. The molecular formula is C19H30N2O3. The Morgan fingerprint density at radius 1 is 1.17 bits per heavy atom. The Bertz CT molecular complexity index is 523. The Balaban J connectivity index is 2.56. The summed E-state index contributed by atoms with van der Waals surface area (Å²) in [7, 11) is 0. The van der Waals surface area contributed by atoms with Gasteiger partial charge in [-0.25, -0.2) is 4.79 Å². The molecule has 5 heteroatoms. The first-order valence-corrected chi connectivity index (χ1v) is 8.54. The number of ether oxygens (including phenoxy) is 1. The van der Waals surface area contributed by atoms with Crippen LogP contribution < -0.4 is 10.6 Å². The minimum absolute atomic E-state index is 0.0224. The zero-order chi connectivity index (χ0) is 18.2. The molecule has 1 aromatic carbocycles. The van der Waals surface area contributed by atoms with Gasteiger partial charge in [0.05, 0.1) is 0 Å². The molecule has 0 bridgehead atoms. The lowest BCUT2D eigenvalue weighted by Gasteiger charge is -2.26. The summed E-state index contributed by atoms with van der Waals surface area (Å²) in [5.74, 6) is -0.152. The minimum Gasteiger partial charge on any atom is -0.444 e. The van der Waals surface area contributed by atoms with Crippen molar-refractivity contribution in [1.29, 1.82) is 0 Å². The van der Waals surface area contributed by atoms with Crippen molar-refractivity contribution >= 4 is 12.0 Å². The van der Waals surface area contributed by atoms with Crippen molar-refractivity contribution in [2.75, 3.05) is 6.54 Å². The van der Waals surface area contributed by atoms with Crippen molar-refractivity contribution < 1.29 is 14.3 Å². The molecule has 0 saturated carbocycles. The first-order chi connectivity index (χ1) is 11.2. The molecule has 0 saturated heterocycles. The van der Waals surface area contributed by atoms with Crippen LogP contribution in [0.25, 0.3) is 0 Å². The van der Waals surface area contributed by atoms with Gasteiger partial charge in [0, 0.05) is 6.54 Å². The zero-order valence-electron chi connectivity index (χ0n) is 15.4. The van der Waals surface area contributed by atoms with E-state index in [4.69, 9.17) is 4.74 Å². The van der Waals surface area contributed by atoms with E-state index in [1.54, 1.807) is 20.8 Å². The highest BCUT2D eigenvalue weighted by Crippen LogP contribution is 2.11. The van der Waals surface area contributed by atoms with Crippen molar-refractivity contribution in [1.82, 2.24) is 10.6 Å². The SMILES string of the molecule is CC[C@H](C)[C@H](NC(=O)OC(C)(C)C)C(=O)NCCc1ccccc1. The number of amides is 2. The molecule has 0 heterocycles. The Morgan fingerprint density at radius 3 is 2.33 bits per heavy atom. The average Bonchev–Trinajstić information content (AvgIpc) is 2.51. The van der Waals surface area contributed by atoms with Crippen molar-refractivity contribution in [2.24, 2.45) is 5.92 Å². The van der Waals surface area contributed by atoms with E-state index in [0.29, 0.717) is 6.54 Å². The van der Waals surface area contributed by atoms with Crippen LogP contribution in [0.3, 0.4) is 0 Å². The summed E-state index contributed by atoms with van der Waals surface area (Å²) in [6.07, 6.45) is 0.977. The van der Waals surface area contributed by atoms with Crippen LogP contribution in [0.2, 0.25) is 0 Å². The Morgan fingerprint density at radius 2 is 1.79 bits per heavy atom. The lowest BCUT2D eigenvalue weighted by molar-refractivity contribution is -0.124. The van der Waals surface area contributed by atoms with Crippen LogP contribution in [0, 0.1) is 5.92 Å². The van der Waals surface area contributed by atoms with Gasteiger partial charge in [-0.1, -0.05) is 50.6 Å². The summed E-state index contributed by atoms with van der Waals surface area (Å²) in [4.78, 5) is 24.4. The standard InChI is InChI=1S/C19H30N2O3/c1-6-14(2)16(21-18(23)24-19(3,4)5)17(22)20-13-12-15-10-8-7-9-11-15/h7-11,14,16H,6,12-13H2,1-5H3,(H,20,22)(H,21,23)/t14-,16-/m0/s1. The van der Waals surface area contributed by atoms with E-state index >= 15 is 0 Å². The van der Waals surface area contributed by atoms with E-state index in [0.717, 1.165) is 18.4 Å². The molecule has 5 nitrogen and oxygen atoms in total. The fourth-order valence-electron chi connectivity index (χ4n) is 2.22. The topological polar surface area (TPSA) is 67.4 Å². The van der Waals surface area contributed by atoms with Crippen LogP contribution in [0.15, 0.2) is 30.3 Å². The van der Waals surface area contributed by atoms with E-state index in [1.165, 1.54) is 0 Å². The summed E-state index contributed by atoms with van der Waals surface area (Å²) >= 11 is 0. The molecule has 24 heavy (non-hydrogen) atoms. The van der Waals surface area contributed by atoms with Gasteiger partial charge in [-0.05, 0) is 38.7 Å². The number of carbonyl (C=O) groups excluding carboxylic acids is 2. The first-order valence-electron chi connectivity index (χ1n) is 8.54. The molecular weight excluding hydrogens is 304 g/mol. The van der Waals surface area contributed by atoms with Gasteiger partial charge in [0.2, 0.25) is 5.91 Å². The minimum atomic E-state index is -0.597. The Labute approximate surface area is 145 Å². The van der Waals surface area contributed by atoms with Gasteiger partial charge in [0.15, 0.2) is 0 Å². The highest BCUT2D eigenvalue weighted by molar-refractivity contribution is 5.85. The third-order valence-electron chi connectivity index (χ3n) is 3.72. The molecule has 0 aliphatic carbocycles. The maximum atomic E-state index is 12.5. The fraction of sp³-hybridized carbons (Fsp3) is 0.579. The lowest BCUT2D eigenvalue weighted by Crippen LogP contribution is -2.51. The van der Waals surface area contributed by atoms with Crippen molar-refractivity contribution in [2.45, 2.75) is 59.1 Å². The van der Waals surface area contributed by atoms with Crippen LogP contribution in [0.1, 0.15) is 46.6 Å². The quantitative estimate of drug-likeness (QED) is 0.804. The van der Waals surface area contributed by atoms with Gasteiger partial charge >= 0.3 is 6.09 Å². The number of hydrogen-bond donors (Lipinski definition) is 2. The summed E-state index contributed by atoms with van der Waals surface area (Å²) in [6.45, 7) is 9.86. The van der Waals surface area contributed by atoms with Gasteiger partial charge in [0.1, 0.15) is 11.6 Å². The number of hydrogen-bond acceptors (Lipinski definition) is 3. The van der Waals surface area contributed by atoms with E-state index in [-0.39, 0.29) is 11.8 Å². The molecule has 1 aromatic rings. The number of benzene rings is 1. The molecule has 2 atom stereocenters. The van der Waals surface area contributed by atoms with Crippen molar-refractivity contribution in [3.8, 4) is 0 Å². The predicted molar refractivity (Wildman–Crippen MR) is 95.8 cm³/mol. The predicted octanol–water partition coefficient (Wildman–Crippen LogP) is 3.28.